The first-order valence-electron chi connectivity index (χ1n) is 5.50. The Morgan fingerprint density at radius 1 is 1.50 bits per heavy atom. The average Bonchev–Trinajstić information content (AvgIpc) is 2.30. The van der Waals surface area contributed by atoms with Gasteiger partial charge in [-0.3, -0.25) is 4.90 Å². The predicted molar refractivity (Wildman–Crippen MR) is 70.3 cm³/mol. The summed E-state index contributed by atoms with van der Waals surface area (Å²) in [6.07, 6.45) is 3.82. The monoisotopic (exact) mass is 264 g/mol. The molecule has 0 saturated carbocycles. The molecule has 1 rings (SSSR count). The zero-order chi connectivity index (χ0) is 12.0. The third-order valence-electron chi connectivity index (χ3n) is 2.65. The Bertz CT molecular complexity index is 328. The van der Waals surface area contributed by atoms with Gasteiger partial charge in [-0.15, -0.1) is 0 Å². The van der Waals surface area contributed by atoms with Crippen LogP contribution in [0.5, 0.6) is 0 Å². The van der Waals surface area contributed by atoms with Crippen LogP contribution in [0.1, 0.15) is 6.92 Å². The van der Waals surface area contributed by atoms with E-state index in [0.29, 0.717) is 18.8 Å². The molecular formula is C10H20N2O2S2. The van der Waals surface area contributed by atoms with Crippen LogP contribution in [-0.2, 0) is 9.84 Å². The number of rotatable bonds is 5. The smallest absolute Gasteiger partial charge is 0.166 e. The highest BCUT2D eigenvalue weighted by atomic mass is 32.2. The molecule has 6 heteroatoms. The van der Waals surface area contributed by atoms with E-state index in [-0.39, 0.29) is 11.1 Å². The van der Waals surface area contributed by atoms with E-state index < -0.39 is 9.84 Å². The zero-order valence-corrected chi connectivity index (χ0v) is 11.3. The SMILES string of the molecule is CCS(=O)(=O)C1CSCCN1CC=CCN. The van der Waals surface area contributed by atoms with E-state index in [2.05, 4.69) is 0 Å². The lowest BCUT2D eigenvalue weighted by Gasteiger charge is -2.33. The van der Waals surface area contributed by atoms with Gasteiger partial charge < -0.3 is 5.73 Å². The average molecular weight is 264 g/mol. The lowest BCUT2D eigenvalue weighted by molar-refractivity contribution is 0.298. The van der Waals surface area contributed by atoms with Gasteiger partial charge in [-0.05, 0) is 0 Å². The van der Waals surface area contributed by atoms with Crippen molar-refractivity contribution in [2.24, 2.45) is 5.73 Å². The van der Waals surface area contributed by atoms with Gasteiger partial charge in [-0.25, -0.2) is 8.42 Å². The van der Waals surface area contributed by atoms with E-state index >= 15 is 0 Å². The van der Waals surface area contributed by atoms with Gasteiger partial charge in [0.25, 0.3) is 0 Å². The quantitative estimate of drug-likeness (QED) is 0.724. The predicted octanol–water partition coefficient (Wildman–Crippen LogP) is 0.311. The Morgan fingerprint density at radius 3 is 2.88 bits per heavy atom. The van der Waals surface area contributed by atoms with Crippen molar-refractivity contribution in [1.29, 1.82) is 0 Å². The Balaban J connectivity index is 2.68. The van der Waals surface area contributed by atoms with Crippen LogP contribution in [0.2, 0.25) is 0 Å². The highest BCUT2D eigenvalue weighted by Gasteiger charge is 2.31. The highest BCUT2D eigenvalue weighted by molar-refractivity contribution is 8.01. The van der Waals surface area contributed by atoms with Gasteiger partial charge in [0.15, 0.2) is 9.84 Å². The fraction of sp³-hybridized carbons (Fsp3) is 0.800. The van der Waals surface area contributed by atoms with Gasteiger partial charge in [-0.2, -0.15) is 11.8 Å². The van der Waals surface area contributed by atoms with Gasteiger partial charge in [-0.1, -0.05) is 19.1 Å². The summed E-state index contributed by atoms with van der Waals surface area (Å²) in [6, 6.07) is 0. The molecule has 1 aliphatic rings. The zero-order valence-electron chi connectivity index (χ0n) is 9.63. The molecule has 1 fully saturated rings. The second-order valence-electron chi connectivity index (χ2n) is 3.68. The van der Waals surface area contributed by atoms with Crippen molar-refractivity contribution in [1.82, 2.24) is 4.90 Å². The van der Waals surface area contributed by atoms with Crippen molar-refractivity contribution in [3.63, 3.8) is 0 Å². The van der Waals surface area contributed by atoms with Crippen LogP contribution in [0, 0.1) is 0 Å². The summed E-state index contributed by atoms with van der Waals surface area (Å²) in [6.45, 7) is 3.74. The van der Waals surface area contributed by atoms with E-state index in [1.807, 2.05) is 17.1 Å². The maximum absolute atomic E-state index is 11.9. The molecule has 1 aliphatic heterocycles. The van der Waals surface area contributed by atoms with Crippen LogP contribution in [0.4, 0.5) is 0 Å². The van der Waals surface area contributed by atoms with Crippen LogP contribution in [-0.4, -0.2) is 55.6 Å². The number of sulfone groups is 1. The summed E-state index contributed by atoms with van der Waals surface area (Å²) in [5, 5.41) is -0.321. The summed E-state index contributed by atoms with van der Waals surface area (Å²) >= 11 is 1.72. The Morgan fingerprint density at radius 2 is 2.25 bits per heavy atom. The summed E-state index contributed by atoms with van der Waals surface area (Å²) < 4.78 is 23.8. The van der Waals surface area contributed by atoms with Crippen molar-refractivity contribution >= 4 is 21.6 Å². The standard InChI is InChI=1S/C10H20N2O2S2/c1-2-16(13,14)10-9-15-8-7-12(10)6-4-3-5-11/h3-4,10H,2,5-9,11H2,1H3. The minimum Gasteiger partial charge on any atom is -0.327 e. The molecule has 0 bridgehead atoms. The van der Waals surface area contributed by atoms with E-state index in [1.165, 1.54) is 0 Å². The Labute approximate surface area is 102 Å². The summed E-state index contributed by atoms with van der Waals surface area (Å²) in [7, 11) is -2.97. The molecule has 2 N–H and O–H groups in total. The van der Waals surface area contributed by atoms with Crippen molar-refractivity contribution in [2.75, 3.05) is 36.9 Å². The van der Waals surface area contributed by atoms with E-state index in [9.17, 15) is 8.42 Å². The van der Waals surface area contributed by atoms with Gasteiger partial charge in [0.2, 0.25) is 0 Å². The minimum atomic E-state index is -2.97. The molecule has 0 amide bonds. The van der Waals surface area contributed by atoms with Gasteiger partial charge in [0, 0.05) is 36.9 Å². The number of nitrogens with zero attached hydrogens (tertiary/aromatic N) is 1. The molecule has 1 atom stereocenters. The second kappa shape index (κ2) is 6.64. The Hall–Kier alpha value is -0.0400. The molecule has 94 valence electrons. The molecule has 0 aliphatic carbocycles. The fourth-order valence-electron chi connectivity index (χ4n) is 1.65. The number of hydrogen-bond acceptors (Lipinski definition) is 5. The number of thioether (sulfide) groups is 1. The lowest BCUT2D eigenvalue weighted by atomic mass is 10.4. The summed E-state index contributed by atoms with van der Waals surface area (Å²) in [5.74, 6) is 1.91. The molecular weight excluding hydrogens is 244 g/mol. The topological polar surface area (TPSA) is 63.4 Å². The van der Waals surface area contributed by atoms with Gasteiger partial charge >= 0.3 is 0 Å². The molecule has 1 heterocycles. The van der Waals surface area contributed by atoms with Crippen molar-refractivity contribution < 1.29 is 8.42 Å². The first-order valence-corrected chi connectivity index (χ1v) is 8.37. The van der Waals surface area contributed by atoms with Crippen molar-refractivity contribution in [3.8, 4) is 0 Å². The van der Waals surface area contributed by atoms with E-state index in [1.54, 1.807) is 18.7 Å². The van der Waals surface area contributed by atoms with Crippen LogP contribution >= 0.6 is 11.8 Å². The third kappa shape index (κ3) is 3.76. The van der Waals surface area contributed by atoms with Gasteiger partial charge in [0.1, 0.15) is 5.37 Å². The van der Waals surface area contributed by atoms with Crippen LogP contribution < -0.4 is 5.73 Å². The van der Waals surface area contributed by atoms with E-state index in [0.717, 1.165) is 12.3 Å². The fourth-order valence-corrected chi connectivity index (χ4v) is 4.74. The van der Waals surface area contributed by atoms with Crippen LogP contribution in [0.3, 0.4) is 0 Å². The molecule has 4 nitrogen and oxygen atoms in total. The molecule has 16 heavy (non-hydrogen) atoms. The lowest BCUT2D eigenvalue weighted by Crippen LogP contribution is -2.47. The number of nitrogens with two attached hydrogens (primary N) is 1. The Kier molecular flexibility index (Phi) is 5.82. The highest BCUT2D eigenvalue weighted by Crippen LogP contribution is 2.21. The first kappa shape index (κ1) is 14.0. The molecule has 0 spiro atoms. The van der Waals surface area contributed by atoms with Crippen LogP contribution in [0.15, 0.2) is 12.2 Å². The molecule has 1 unspecified atom stereocenters. The van der Waals surface area contributed by atoms with Crippen molar-refractivity contribution in [3.05, 3.63) is 12.2 Å². The minimum absolute atomic E-state index is 0.218. The molecule has 0 aromatic rings. The summed E-state index contributed by atoms with van der Waals surface area (Å²) in [5.41, 5.74) is 5.36. The largest absolute Gasteiger partial charge is 0.327 e. The summed E-state index contributed by atoms with van der Waals surface area (Å²) in [4.78, 5) is 2.03. The molecule has 1 saturated heterocycles. The second-order valence-corrected chi connectivity index (χ2v) is 7.28. The third-order valence-corrected chi connectivity index (χ3v) is 5.98. The molecule has 0 radical (unpaired) electrons. The number of hydrogen-bond donors (Lipinski definition) is 1. The van der Waals surface area contributed by atoms with Crippen molar-refractivity contribution in [2.45, 2.75) is 12.3 Å². The van der Waals surface area contributed by atoms with Gasteiger partial charge in [0.05, 0.1) is 0 Å². The normalized spacial score (nSPS) is 24.0. The maximum atomic E-state index is 11.9. The maximum Gasteiger partial charge on any atom is 0.166 e. The first-order chi connectivity index (χ1) is 7.61. The van der Waals surface area contributed by atoms with Crippen LogP contribution in [0.25, 0.3) is 0 Å². The van der Waals surface area contributed by atoms with E-state index in [4.69, 9.17) is 5.73 Å². The molecule has 0 aromatic carbocycles. The molecule has 0 aromatic heterocycles.